The molecule has 0 atom stereocenters. The lowest BCUT2D eigenvalue weighted by Crippen LogP contribution is -1.59. The van der Waals surface area contributed by atoms with Crippen LogP contribution in [0.15, 0.2) is 22.1 Å². The van der Waals surface area contributed by atoms with E-state index in [1.54, 1.807) is 6.08 Å². The maximum atomic E-state index is 5.15. The van der Waals surface area contributed by atoms with Crippen LogP contribution in [0.25, 0.3) is 6.08 Å². The van der Waals surface area contributed by atoms with Crippen molar-refractivity contribution in [1.82, 2.24) is 0 Å². The van der Waals surface area contributed by atoms with Crippen LogP contribution in [0.2, 0.25) is 0 Å². The number of aliphatic imine (C=N–C) groups is 1. The number of rotatable bonds is 2. The Balaban J connectivity index is 3.20. The van der Waals surface area contributed by atoms with Gasteiger partial charge in [-0.1, -0.05) is 12.7 Å². The van der Waals surface area contributed by atoms with Gasteiger partial charge in [0.15, 0.2) is 0 Å². The molecule has 2 nitrogen and oxygen atoms in total. The summed E-state index contributed by atoms with van der Waals surface area (Å²) in [5, 5.41) is 0. The van der Waals surface area contributed by atoms with Crippen LogP contribution in [0, 0.1) is 6.92 Å². The summed E-state index contributed by atoms with van der Waals surface area (Å²) in [6.45, 7) is 8.83. The Morgan fingerprint density at radius 3 is 2.80 bits per heavy atom. The second-order valence-electron chi connectivity index (χ2n) is 1.98. The minimum absolute atomic E-state index is 0.549. The fraction of sp³-hybridized carbons (Fsp3) is 0.125. The highest BCUT2D eigenvalue weighted by Crippen LogP contribution is 2.23. The molecule has 0 radical (unpaired) electrons. The molecule has 2 heteroatoms. The molecule has 0 saturated heterocycles. The van der Waals surface area contributed by atoms with E-state index in [0.29, 0.717) is 5.88 Å². The standard InChI is InChI=1S/C8H9NO/c1-4-7-5-6(2)10-8(7)9-3/h4-5H,1,3H2,2H3. The predicted octanol–water partition coefficient (Wildman–Crippen LogP) is 2.56. The quantitative estimate of drug-likeness (QED) is 0.572. The molecule has 52 valence electrons. The lowest BCUT2D eigenvalue weighted by molar-refractivity contribution is 0.545. The van der Waals surface area contributed by atoms with Crippen LogP contribution in [0.5, 0.6) is 0 Å². The van der Waals surface area contributed by atoms with Crippen LogP contribution in [0.1, 0.15) is 11.3 Å². The second kappa shape index (κ2) is 2.52. The van der Waals surface area contributed by atoms with Crippen molar-refractivity contribution in [3.8, 4) is 0 Å². The molecule has 1 aromatic heterocycles. The zero-order chi connectivity index (χ0) is 7.56. The Bertz CT molecular complexity index is 235. The summed E-state index contributed by atoms with van der Waals surface area (Å²) >= 11 is 0. The van der Waals surface area contributed by atoms with Crippen LogP contribution < -0.4 is 0 Å². The van der Waals surface area contributed by atoms with E-state index in [-0.39, 0.29) is 0 Å². The molecular formula is C8H9NO. The van der Waals surface area contributed by atoms with Crippen LogP contribution in [0.3, 0.4) is 0 Å². The summed E-state index contributed by atoms with van der Waals surface area (Å²) in [5.41, 5.74) is 0.896. The molecule has 0 unspecified atom stereocenters. The first-order valence-electron chi connectivity index (χ1n) is 2.97. The molecule has 0 aliphatic heterocycles. The fourth-order valence-electron chi connectivity index (χ4n) is 0.791. The third kappa shape index (κ3) is 1.00. The second-order valence-corrected chi connectivity index (χ2v) is 1.98. The fourth-order valence-corrected chi connectivity index (χ4v) is 0.791. The minimum atomic E-state index is 0.549. The molecule has 0 fully saturated rings. The Morgan fingerprint density at radius 1 is 1.70 bits per heavy atom. The molecule has 0 spiro atoms. The lowest BCUT2D eigenvalue weighted by atomic mass is 10.3. The van der Waals surface area contributed by atoms with E-state index < -0.39 is 0 Å². The van der Waals surface area contributed by atoms with Crippen molar-refractivity contribution in [2.45, 2.75) is 6.92 Å². The molecule has 0 aromatic carbocycles. The first kappa shape index (κ1) is 6.81. The number of hydrogen-bond donors (Lipinski definition) is 0. The summed E-state index contributed by atoms with van der Waals surface area (Å²) in [6, 6.07) is 1.87. The van der Waals surface area contributed by atoms with Crippen molar-refractivity contribution in [2.24, 2.45) is 4.99 Å². The summed E-state index contributed by atoms with van der Waals surface area (Å²) < 4.78 is 5.15. The molecule has 0 aliphatic rings. The lowest BCUT2D eigenvalue weighted by Gasteiger charge is -1.83. The van der Waals surface area contributed by atoms with Gasteiger partial charge in [0.2, 0.25) is 5.88 Å². The van der Waals surface area contributed by atoms with Crippen molar-refractivity contribution in [1.29, 1.82) is 0 Å². The van der Waals surface area contributed by atoms with Crippen molar-refractivity contribution in [3.05, 3.63) is 24.0 Å². The maximum Gasteiger partial charge on any atom is 0.225 e. The van der Waals surface area contributed by atoms with Gasteiger partial charge in [0.1, 0.15) is 5.76 Å². The molecule has 1 rings (SSSR count). The summed E-state index contributed by atoms with van der Waals surface area (Å²) in [4.78, 5) is 3.67. The van der Waals surface area contributed by atoms with Gasteiger partial charge >= 0.3 is 0 Å². The van der Waals surface area contributed by atoms with E-state index >= 15 is 0 Å². The molecule has 0 bridgehead atoms. The van der Waals surface area contributed by atoms with Gasteiger partial charge in [-0.15, -0.1) is 0 Å². The Hall–Kier alpha value is -1.31. The number of nitrogens with zero attached hydrogens (tertiary/aromatic N) is 1. The normalized spacial score (nSPS) is 9.30. The van der Waals surface area contributed by atoms with Crippen LogP contribution in [0.4, 0.5) is 5.88 Å². The van der Waals surface area contributed by atoms with E-state index in [0.717, 1.165) is 11.3 Å². The van der Waals surface area contributed by atoms with Gasteiger partial charge in [-0.25, -0.2) is 4.99 Å². The monoisotopic (exact) mass is 135 g/mol. The van der Waals surface area contributed by atoms with Crippen LogP contribution in [-0.4, -0.2) is 6.72 Å². The van der Waals surface area contributed by atoms with Gasteiger partial charge < -0.3 is 4.42 Å². The zero-order valence-electron chi connectivity index (χ0n) is 5.92. The third-order valence-corrected chi connectivity index (χ3v) is 1.23. The Labute approximate surface area is 59.9 Å². The first-order valence-corrected chi connectivity index (χ1v) is 2.97. The molecule has 0 saturated carbocycles. The molecule has 0 aliphatic carbocycles. The maximum absolute atomic E-state index is 5.15. The molecule has 1 heterocycles. The highest BCUT2D eigenvalue weighted by atomic mass is 16.4. The van der Waals surface area contributed by atoms with Gasteiger partial charge in [0.25, 0.3) is 0 Å². The van der Waals surface area contributed by atoms with Crippen molar-refractivity contribution >= 4 is 18.7 Å². The third-order valence-electron chi connectivity index (χ3n) is 1.23. The van der Waals surface area contributed by atoms with Gasteiger partial charge in [-0.05, 0) is 19.7 Å². The van der Waals surface area contributed by atoms with Gasteiger partial charge in [0, 0.05) is 5.56 Å². The average molecular weight is 135 g/mol. The molecule has 0 N–H and O–H groups in total. The van der Waals surface area contributed by atoms with Gasteiger partial charge in [-0.3, -0.25) is 0 Å². The Morgan fingerprint density at radius 2 is 2.40 bits per heavy atom. The average Bonchev–Trinajstić information content (AvgIpc) is 2.30. The van der Waals surface area contributed by atoms with E-state index in [9.17, 15) is 0 Å². The predicted molar refractivity (Wildman–Crippen MR) is 42.7 cm³/mol. The zero-order valence-corrected chi connectivity index (χ0v) is 5.92. The van der Waals surface area contributed by atoms with Crippen LogP contribution in [-0.2, 0) is 0 Å². The molecule has 1 aromatic rings. The highest BCUT2D eigenvalue weighted by molar-refractivity contribution is 5.60. The van der Waals surface area contributed by atoms with E-state index in [1.165, 1.54) is 0 Å². The van der Waals surface area contributed by atoms with Crippen molar-refractivity contribution in [3.63, 3.8) is 0 Å². The molecular weight excluding hydrogens is 126 g/mol. The van der Waals surface area contributed by atoms with E-state index in [1.807, 2.05) is 13.0 Å². The van der Waals surface area contributed by atoms with Crippen molar-refractivity contribution in [2.75, 3.05) is 0 Å². The molecule has 10 heavy (non-hydrogen) atoms. The number of aryl methyl sites for hydroxylation is 1. The van der Waals surface area contributed by atoms with Crippen LogP contribution >= 0.6 is 0 Å². The number of hydrogen-bond acceptors (Lipinski definition) is 2. The summed E-state index contributed by atoms with van der Waals surface area (Å²) in [7, 11) is 0. The summed E-state index contributed by atoms with van der Waals surface area (Å²) in [6.07, 6.45) is 1.69. The largest absolute Gasteiger partial charge is 0.443 e. The highest BCUT2D eigenvalue weighted by Gasteiger charge is 2.01. The number of furan rings is 1. The van der Waals surface area contributed by atoms with Crippen molar-refractivity contribution < 1.29 is 4.42 Å². The van der Waals surface area contributed by atoms with E-state index in [2.05, 4.69) is 18.3 Å². The SMILES string of the molecule is C=Cc1cc(C)oc1N=C. The van der Waals surface area contributed by atoms with Gasteiger partial charge in [0.05, 0.1) is 0 Å². The first-order chi connectivity index (χ1) is 4.77. The van der Waals surface area contributed by atoms with E-state index in [4.69, 9.17) is 4.42 Å². The minimum Gasteiger partial charge on any atom is -0.443 e. The Kier molecular flexibility index (Phi) is 1.71. The summed E-state index contributed by atoms with van der Waals surface area (Å²) in [5.74, 6) is 1.38. The van der Waals surface area contributed by atoms with Gasteiger partial charge in [-0.2, -0.15) is 0 Å². The topological polar surface area (TPSA) is 25.5 Å². The smallest absolute Gasteiger partial charge is 0.225 e. The molecule has 0 amide bonds.